The summed E-state index contributed by atoms with van der Waals surface area (Å²) >= 11 is 0. The van der Waals surface area contributed by atoms with Crippen LogP contribution in [0.15, 0.2) is 12.1 Å². The summed E-state index contributed by atoms with van der Waals surface area (Å²) in [5.74, 6) is 0.204. The van der Waals surface area contributed by atoms with Gasteiger partial charge in [-0.25, -0.2) is 4.98 Å². The van der Waals surface area contributed by atoms with Gasteiger partial charge < -0.3 is 4.74 Å². The maximum absolute atomic E-state index is 11.7. The number of aryl methyl sites for hydroxylation is 1. The third-order valence-electron chi connectivity index (χ3n) is 2.30. The number of nitriles is 1. The topological polar surface area (TPSA) is 63.0 Å². The Bertz CT molecular complexity index is 467. The molecule has 0 amide bonds. The van der Waals surface area contributed by atoms with Crippen molar-refractivity contribution in [2.75, 3.05) is 6.61 Å². The van der Waals surface area contributed by atoms with Crippen molar-refractivity contribution in [2.45, 2.75) is 27.7 Å². The molecule has 0 aliphatic carbocycles. The smallest absolute Gasteiger partial charge is 0.232 e. The summed E-state index contributed by atoms with van der Waals surface area (Å²) in [7, 11) is 0. The molecule has 0 aliphatic heterocycles. The van der Waals surface area contributed by atoms with Gasteiger partial charge in [0, 0.05) is 11.1 Å². The molecular weight excluding hydrogens is 216 g/mol. The van der Waals surface area contributed by atoms with E-state index in [2.05, 4.69) is 4.98 Å². The molecule has 0 aromatic carbocycles. The number of hydrogen-bond acceptors (Lipinski definition) is 4. The molecule has 0 saturated carbocycles. The first-order valence-corrected chi connectivity index (χ1v) is 5.38. The molecule has 0 bridgehead atoms. The van der Waals surface area contributed by atoms with Crippen molar-refractivity contribution in [3.8, 4) is 11.9 Å². The van der Waals surface area contributed by atoms with E-state index in [-0.39, 0.29) is 18.3 Å². The lowest BCUT2D eigenvalue weighted by Gasteiger charge is -2.16. The maximum Gasteiger partial charge on any atom is 0.232 e. The number of Topliss-reactive ketones (excluding diaryl/α,β-unsaturated/α-hetero) is 1. The van der Waals surface area contributed by atoms with Crippen molar-refractivity contribution in [3.05, 3.63) is 23.4 Å². The van der Waals surface area contributed by atoms with E-state index in [1.165, 1.54) is 0 Å². The second-order valence-corrected chi connectivity index (χ2v) is 4.88. The third-order valence-corrected chi connectivity index (χ3v) is 2.30. The van der Waals surface area contributed by atoms with E-state index in [9.17, 15) is 4.79 Å². The molecule has 0 saturated heterocycles. The Morgan fingerprint density at radius 3 is 2.65 bits per heavy atom. The number of nitrogens with zero attached hydrogens (tertiary/aromatic N) is 2. The molecule has 1 aromatic rings. The van der Waals surface area contributed by atoms with Crippen LogP contribution in [-0.4, -0.2) is 17.4 Å². The fourth-order valence-electron chi connectivity index (χ4n) is 1.08. The van der Waals surface area contributed by atoms with E-state index >= 15 is 0 Å². The van der Waals surface area contributed by atoms with E-state index in [1.807, 2.05) is 26.8 Å². The summed E-state index contributed by atoms with van der Waals surface area (Å²) in [4.78, 5) is 15.8. The van der Waals surface area contributed by atoms with E-state index in [0.29, 0.717) is 5.56 Å². The lowest BCUT2D eigenvalue weighted by molar-refractivity contribution is -0.128. The number of ketones is 1. The zero-order valence-corrected chi connectivity index (χ0v) is 10.6. The number of carbonyl (C=O) groups excluding carboxylic acids is 1. The number of pyridine rings is 1. The van der Waals surface area contributed by atoms with Gasteiger partial charge in [-0.3, -0.25) is 4.79 Å². The Kier molecular flexibility index (Phi) is 3.84. The average Bonchev–Trinajstić information content (AvgIpc) is 2.24. The summed E-state index contributed by atoms with van der Waals surface area (Å²) in [5.41, 5.74) is 0.649. The summed E-state index contributed by atoms with van der Waals surface area (Å²) in [5, 5.41) is 8.88. The van der Waals surface area contributed by atoms with Crippen LogP contribution in [-0.2, 0) is 4.79 Å². The van der Waals surface area contributed by atoms with E-state index < -0.39 is 5.41 Å². The van der Waals surface area contributed by atoms with Gasteiger partial charge in [-0.2, -0.15) is 5.26 Å². The summed E-state index contributed by atoms with van der Waals surface area (Å²) < 4.78 is 5.31. The van der Waals surface area contributed by atoms with Crippen LogP contribution in [0.4, 0.5) is 0 Å². The van der Waals surface area contributed by atoms with Crippen LogP contribution in [0.5, 0.6) is 5.88 Å². The Morgan fingerprint density at radius 1 is 1.47 bits per heavy atom. The molecule has 17 heavy (non-hydrogen) atoms. The van der Waals surface area contributed by atoms with Crippen molar-refractivity contribution in [1.82, 2.24) is 4.98 Å². The van der Waals surface area contributed by atoms with Crippen molar-refractivity contribution in [2.24, 2.45) is 5.41 Å². The molecule has 0 radical (unpaired) electrons. The summed E-state index contributed by atoms with van der Waals surface area (Å²) in [6, 6.07) is 5.36. The Labute approximate surface area is 101 Å². The first-order valence-electron chi connectivity index (χ1n) is 5.38. The fraction of sp³-hybridized carbons (Fsp3) is 0.462. The van der Waals surface area contributed by atoms with Gasteiger partial charge in [0.05, 0.1) is 0 Å². The molecule has 0 unspecified atom stereocenters. The van der Waals surface area contributed by atoms with Crippen molar-refractivity contribution in [1.29, 1.82) is 5.26 Å². The fourth-order valence-corrected chi connectivity index (χ4v) is 1.08. The molecule has 0 N–H and O–H groups in total. The Morgan fingerprint density at radius 2 is 2.12 bits per heavy atom. The Hall–Kier alpha value is -1.89. The highest BCUT2D eigenvalue weighted by molar-refractivity contribution is 5.85. The molecule has 1 heterocycles. The van der Waals surface area contributed by atoms with E-state index in [4.69, 9.17) is 10.00 Å². The monoisotopic (exact) mass is 232 g/mol. The van der Waals surface area contributed by atoms with E-state index in [1.54, 1.807) is 19.1 Å². The highest BCUT2D eigenvalue weighted by Gasteiger charge is 2.22. The molecule has 90 valence electrons. The molecule has 0 aliphatic rings. The normalized spacial score (nSPS) is 10.8. The molecule has 4 nitrogen and oxygen atoms in total. The minimum atomic E-state index is -0.448. The second kappa shape index (κ2) is 4.96. The number of rotatable bonds is 3. The van der Waals surface area contributed by atoms with Crippen LogP contribution in [0, 0.1) is 23.7 Å². The molecular formula is C13H16N2O2. The van der Waals surface area contributed by atoms with Crippen LogP contribution in [0.3, 0.4) is 0 Å². The lowest BCUT2D eigenvalue weighted by Crippen LogP contribution is -2.26. The van der Waals surface area contributed by atoms with Gasteiger partial charge in [0.1, 0.15) is 18.2 Å². The SMILES string of the molecule is Cc1ccc(C#N)c(OCC(=O)C(C)(C)C)n1. The molecule has 1 rings (SSSR count). The quantitative estimate of drug-likeness (QED) is 0.801. The van der Waals surface area contributed by atoms with Gasteiger partial charge in [0.25, 0.3) is 0 Å². The number of ether oxygens (including phenoxy) is 1. The first kappa shape index (κ1) is 13.2. The minimum absolute atomic E-state index is 0.0234. The summed E-state index contributed by atoms with van der Waals surface area (Å²) in [6.07, 6.45) is 0. The number of aromatic nitrogens is 1. The van der Waals surface area contributed by atoms with Gasteiger partial charge in [-0.1, -0.05) is 20.8 Å². The average molecular weight is 232 g/mol. The van der Waals surface area contributed by atoms with Crippen LogP contribution in [0.1, 0.15) is 32.0 Å². The minimum Gasteiger partial charge on any atom is -0.469 e. The molecule has 1 aromatic heterocycles. The molecule has 0 fully saturated rings. The lowest BCUT2D eigenvalue weighted by atomic mass is 9.91. The van der Waals surface area contributed by atoms with Crippen molar-refractivity contribution in [3.63, 3.8) is 0 Å². The highest BCUT2D eigenvalue weighted by atomic mass is 16.5. The number of hydrogen-bond donors (Lipinski definition) is 0. The third kappa shape index (κ3) is 3.56. The predicted molar refractivity (Wildman–Crippen MR) is 63.6 cm³/mol. The Balaban J connectivity index is 2.80. The van der Waals surface area contributed by atoms with Gasteiger partial charge >= 0.3 is 0 Å². The van der Waals surface area contributed by atoms with E-state index in [0.717, 1.165) is 5.69 Å². The predicted octanol–water partition coefficient (Wildman–Crippen LogP) is 2.26. The zero-order chi connectivity index (χ0) is 13.1. The molecule has 0 spiro atoms. The van der Waals surface area contributed by atoms with Crippen LogP contribution in [0.2, 0.25) is 0 Å². The van der Waals surface area contributed by atoms with Crippen molar-refractivity contribution < 1.29 is 9.53 Å². The second-order valence-electron chi connectivity index (χ2n) is 4.88. The van der Waals surface area contributed by atoms with Crippen molar-refractivity contribution >= 4 is 5.78 Å². The van der Waals surface area contributed by atoms with Gasteiger partial charge in [0.2, 0.25) is 5.88 Å². The highest BCUT2D eigenvalue weighted by Crippen LogP contribution is 2.18. The van der Waals surface area contributed by atoms with Crippen LogP contribution >= 0.6 is 0 Å². The van der Waals surface area contributed by atoms with Crippen LogP contribution in [0.25, 0.3) is 0 Å². The standard InChI is InChI=1S/C13H16N2O2/c1-9-5-6-10(7-14)12(15-9)17-8-11(16)13(2,3)4/h5-6H,8H2,1-4H3. The first-order chi connectivity index (χ1) is 7.84. The molecule has 4 heteroatoms. The summed E-state index contributed by atoms with van der Waals surface area (Å²) in [6.45, 7) is 7.23. The van der Waals surface area contributed by atoms with Gasteiger partial charge in [-0.15, -0.1) is 0 Å². The number of carbonyl (C=O) groups is 1. The van der Waals surface area contributed by atoms with Gasteiger partial charge in [0.15, 0.2) is 5.78 Å². The maximum atomic E-state index is 11.7. The van der Waals surface area contributed by atoms with Gasteiger partial charge in [-0.05, 0) is 19.1 Å². The zero-order valence-electron chi connectivity index (χ0n) is 10.6. The molecule has 0 atom stereocenters. The largest absolute Gasteiger partial charge is 0.469 e. The van der Waals surface area contributed by atoms with Crippen LogP contribution < -0.4 is 4.74 Å².